The van der Waals surface area contributed by atoms with Crippen LogP contribution in [0, 0.1) is 11.3 Å². The summed E-state index contributed by atoms with van der Waals surface area (Å²) in [5.41, 5.74) is 0.0787. The van der Waals surface area contributed by atoms with Crippen molar-refractivity contribution >= 4 is 21.6 Å². The number of halogens is 1. The van der Waals surface area contributed by atoms with Crippen LogP contribution in [0.1, 0.15) is 12.5 Å². The number of anilines is 1. The van der Waals surface area contributed by atoms with Crippen LogP contribution in [0.5, 0.6) is 0 Å². The molecule has 0 aliphatic heterocycles. The van der Waals surface area contributed by atoms with E-state index in [1.54, 1.807) is 18.2 Å². The zero-order valence-corrected chi connectivity index (χ0v) is 10.5. The third-order valence-electron chi connectivity index (χ3n) is 2.04. The van der Waals surface area contributed by atoms with Gasteiger partial charge in [0.05, 0.1) is 18.2 Å². The number of rotatable bonds is 4. The van der Waals surface area contributed by atoms with Crippen LogP contribution < -0.4 is 5.32 Å². The molecule has 0 spiro atoms. The standard InChI is InChI=1S/C11H13BrN2O2/c1-11(16,7-15)6-14-10-3-8(5-13)2-9(12)4-10/h2-4,14-16H,6-7H2,1H3. The summed E-state index contributed by atoms with van der Waals surface area (Å²) >= 11 is 3.29. The molecular formula is C11H13BrN2O2. The lowest BCUT2D eigenvalue weighted by Gasteiger charge is -2.21. The summed E-state index contributed by atoms with van der Waals surface area (Å²) in [6.07, 6.45) is 0. The number of nitriles is 1. The summed E-state index contributed by atoms with van der Waals surface area (Å²) in [4.78, 5) is 0. The van der Waals surface area contributed by atoms with Crippen LogP contribution in [0.3, 0.4) is 0 Å². The van der Waals surface area contributed by atoms with Crippen LogP contribution in [0.4, 0.5) is 5.69 Å². The Bertz CT molecular complexity index is 413. The SMILES string of the molecule is CC(O)(CO)CNc1cc(Br)cc(C#N)c1. The Hall–Kier alpha value is -1.09. The first-order valence-corrected chi connectivity index (χ1v) is 5.54. The van der Waals surface area contributed by atoms with Gasteiger partial charge in [-0.25, -0.2) is 0 Å². The monoisotopic (exact) mass is 284 g/mol. The van der Waals surface area contributed by atoms with Gasteiger partial charge >= 0.3 is 0 Å². The fraction of sp³-hybridized carbons (Fsp3) is 0.364. The largest absolute Gasteiger partial charge is 0.393 e. The number of aliphatic hydroxyl groups is 2. The van der Waals surface area contributed by atoms with Crippen molar-refractivity contribution in [3.63, 3.8) is 0 Å². The van der Waals surface area contributed by atoms with Gasteiger partial charge in [0.25, 0.3) is 0 Å². The Kier molecular flexibility index (Phi) is 4.30. The fourth-order valence-corrected chi connectivity index (χ4v) is 1.60. The highest BCUT2D eigenvalue weighted by Gasteiger charge is 2.18. The minimum absolute atomic E-state index is 0.213. The van der Waals surface area contributed by atoms with E-state index < -0.39 is 5.60 Å². The average molecular weight is 285 g/mol. The van der Waals surface area contributed by atoms with Crippen molar-refractivity contribution in [3.8, 4) is 6.07 Å². The molecule has 1 atom stereocenters. The van der Waals surface area contributed by atoms with E-state index in [1.165, 1.54) is 6.92 Å². The normalized spacial score (nSPS) is 13.9. The molecule has 16 heavy (non-hydrogen) atoms. The van der Waals surface area contributed by atoms with E-state index in [9.17, 15) is 5.11 Å². The number of hydrogen-bond donors (Lipinski definition) is 3. The van der Waals surface area contributed by atoms with Crippen molar-refractivity contribution < 1.29 is 10.2 Å². The van der Waals surface area contributed by atoms with Gasteiger partial charge in [0, 0.05) is 16.7 Å². The summed E-state index contributed by atoms with van der Waals surface area (Å²) in [7, 11) is 0. The van der Waals surface area contributed by atoms with E-state index in [0.29, 0.717) is 5.56 Å². The molecule has 86 valence electrons. The summed E-state index contributed by atoms with van der Waals surface area (Å²) in [5, 5.41) is 30.2. The van der Waals surface area contributed by atoms with Gasteiger partial charge in [-0.3, -0.25) is 0 Å². The molecule has 4 nitrogen and oxygen atoms in total. The maximum absolute atomic E-state index is 9.59. The second kappa shape index (κ2) is 5.30. The van der Waals surface area contributed by atoms with Gasteiger partial charge < -0.3 is 15.5 Å². The highest BCUT2D eigenvalue weighted by molar-refractivity contribution is 9.10. The highest BCUT2D eigenvalue weighted by atomic mass is 79.9. The van der Waals surface area contributed by atoms with Crippen molar-refractivity contribution in [2.24, 2.45) is 0 Å². The van der Waals surface area contributed by atoms with Crippen LogP contribution in [0.25, 0.3) is 0 Å². The molecule has 0 aliphatic rings. The summed E-state index contributed by atoms with van der Waals surface area (Å²) in [5.74, 6) is 0. The third kappa shape index (κ3) is 3.81. The molecule has 1 aromatic carbocycles. The quantitative estimate of drug-likeness (QED) is 0.783. The Morgan fingerprint density at radius 2 is 2.19 bits per heavy atom. The molecule has 0 aliphatic carbocycles. The number of nitrogens with one attached hydrogen (secondary N) is 1. The summed E-state index contributed by atoms with van der Waals surface area (Å²) in [6, 6.07) is 7.22. The fourth-order valence-electron chi connectivity index (χ4n) is 1.10. The molecule has 0 heterocycles. The molecule has 0 radical (unpaired) electrons. The zero-order valence-electron chi connectivity index (χ0n) is 8.87. The summed E-state index contributed by atoms with van der Waals surface area (Å²) in [6.45, 7) is 1.42. The summed E-state index contributed by atoms with van der Waals surface area (Å²) < 4.78 is 0.790. The van der Waals surface area contributed by atoms with Gasteiger partial charge in [-0.1, -0.05) is 15.9 Å². The predicted molar refractivity (Wildman–Crippen MR) is 65.1 cm³/mol. The van der Waals surface area contributed by atoms with Gasteiger partial charge in [0.15, 0.2) is 0 Å². The molecule has 1 unspecified atom stereocenters. The zero-order chi connectivity index (χ0) is 12.2. The third-order valence-corrected chi connectivity index (χ3v) is 2.50. The van der Waals surface area contributed by atoms with Gasteiger partial charge in [0.2, 0.25) is 0 Å². The van der Waals surface area contributed by atoms with Crippen molar-refractivity contribution in [1.29, 1.82) is 5.26 Å². The van der Waals surface area contributed by atoms with Crippen molar-refractivity contribution in [2.75, 3.05) is 18.5 Å². The van der Waals surface area contributed by atoms with E-state index in [0.717, 1.165) is 10.2 Å². The molecule has 0 aromatic heterocycles. The molecule has 0 saturated carbocycles. The van der Waals surface area contributed by atoms with Crippen LogP contribution in [0.2, 0.25) is 0 Å². The Morgan fingerprint density at radius 1 is 1.50 bits per heavy atom. The maximum atomic E-state index is 9.59. The van der Waals surface area contributed by atoms with Gasteiger partial charge in [0.1, 0.15) is 5.60 Å². The first kappa shape index (κ1) is 13.0. The van der Waals surface area contributed by atoms with Crippen LogP contribution >= 0.6 is 15.9 Å². The van der Waals surface area contributed by atoms with E-state index in [-0.39, 0.29) is 13.2 Å². The molecule has 0 fully saturated rings. The van der Waals surface area contributed by atoms with E-state index in [4.69, 9.17) is 10.4 Å². The highest BCUT2D eigenvalue weighted by Crippen LogP contribution is 2.19. The Balaban J connectivity index is 2.75. The molecule has 0 amide bonds. The minimum Gasteiger partial charge on any atom is -0.393 e. The van der Waals surface area contributed by atoms with Gasteiger partial charge in [-0.05, 0) is 25.1 Å². The smallest absolute Gasteiger partial charge is 0.102 e. The van der Waals surface area contributed by atoms with Crippen molar-refractivity contribution in [1.82, 2.24) is 0 Å². The number of nitrogens with zero attached hydrogens (tertiary/aromatic N) is 1. The Morgan fingerprint density at radius 3 is 2.75 bits per heavy atom. The van der Waals surface area contributed by atoms with Crippen LogP contribution in [0.15, 0.2) is 22.7 Å². The van der Waals surface area contributed by atoms with E-state index in [2.05, 4.69) is 21.2 Å². The number of benzene rings is 1. The average Bonchev–Trinajstić information content (AvgIpc) is 2.26. The second-order valence-corrected chi connectivity index (χ2v) is 4.76. The molecule has 1 rings (SSSR count). The van der Waals surface area contributed by atoms with Crippen molar-refractivity contribution in [3.05, 3.63) is 28.2 Å². The first-order valence-electron chi connectivity index (χ1n) is 4.75. The number of hydrogen-bond acceptors (Lipinski definition) is 4. The second-order valence-electron chi connectivity index (χ2n) is 3.85. The van der Waals surface area contributed by atoms with Gasteiger partial charge in [-0.2, -0.15) is 5.26 Å². The predicted octanol–water partition coefficient (Wildman–Crippen LogP) is 1.48. The van der Waals surface area contributed by atoms with E-state index in [1.807, 2.05) is 6.07 Å². The molecule has 0 bridgehead atoms. The number of aliphatic hydroxyl groups excluding tert-OH is 1. The molecule has 5 heteroatoms. The minimum atomic E-state index is -1.17. The molecule has 3 N–H and O–H groups in total. The van der Waals surface area contributed by atoms with Crippen LogP contribution in [-0.4, -0.2) is 29.0 Å². The Labute approximate surface area is 103 Å². The lowest BCUT2D eigenvalue weighted by atomic mass is 10.1. The van der Waals surface area contributed by atoms with Crippen LogP contribution in [-0.2, 0) is 0 Å². The maximum Gasteiger partial charge on any atom is 0.102 e. The van der Waals surface area contributed by atoms with Gasteiger partial charge in [-0.15, -0.1) is 0 Å². The van der Waals surface area contributed by atoms with E-state index >= 15 is 0 Å². The lowest BCUT2D eigenvalue weighted by Crippen LogP contribution is -2.37. The molecule has 0 saturated heterocycles. The lowest BCUT2D eigenvalue weighted by molar-refractivity contribution is 0.0132. The first-order chi connectivity index (χ1) is 7.46. The topological polar surface area (TPSA) is 76.3 Å². The van der Waals surface area contributed by atoms with Crippen molar-refractivity contribution in [2.45, 2.75) is 12.5 Å². The molecule has 1 aromatic rings. The molecular weight excluding hydrogens is 272 g/mol.